The SMILES string of the molecule is [C-]#[N+]c1cccc(-c2cc(-c3nc(-c4ccccc4)nc(-c4ccccc4)n3)cc(-c3ccccc3-c3nc(-c4ccccc4)nc(-c4ccccc4)n3)c2)c1. The van der Waals surface area contributed by atoms with Crippen molar-refractivity contribution in [2.75, 3.05) is 0 Å². The fourth-order valence-corrected chi connectivity index (χ4v) is 6.63. The van der Waals surface area contributed by atoms with Gasteiger partial charge in [-0.25, -0.2) is 34.7 Å². The first-order valence-electron chi connectivity index (χ1n) is 18.2. The first-order valence-corrected chi connectivity index (χ1v) is 18.2. The molecule has 0 bridgehead atoms. The Morgan fingerprint density at radius 3 is 1.09 bits per heavy atom. The van der Waals surface area contributed by atoms with Gasteiger partial charge >= 0.3 is 0 Å². The van der Waals surface area contributed by atoms with E-state index in [0.29, 0.717) is 40.6 Å². The molecule has 0 saturated heterocycles. The fraction of sp³-hybridized carbons (Fsp3) is 0. The van der Waals surface area contributed by atoms with Gasteiger partial charge in [0, 0.05) is 33.4 Å². The van der Waals surface area contributed by atoms with E-state index < -0.39 is 0 Å². The largest absolute Gasteiger partial charge is 0.238 e. The maximum absolute atomic E-state index is 7.73. The molecule has 0 N–H and O–H groups in total. The Bertz CT molecular complexity index is 2740. The van der Waals surface area contributed by atoms with E-state index >= 15 is 0 Å². The van der Waals surface area contributed by atoms with E-state index in [2.05, 4.69) is 29.1 Å². The highest BCUT2D eigenvalue weighted by Gasteiger charge is 2.19. The Morgan fingerprint density at radius 1 is 0.268 bits per heavy atom. The van der Waals surface area contributed by atoms with Crippen molar-refractivity contribution in [3.8, 4) is 90.6 Å². The molecule has 7 heteroatoms. The molecule has 0 radical (unpaired) electrons. The van der Waals surface area contributed by atoms with Crippen molar-refractivity contribution in [1.82, 2.24) is 29.9 Å². The molecule has 0 amide bonds. The van der Waals surface area contributed by atoms with Gasteiger partial charge in [-0.1, -0.05) is 164 Å². The lowest BCUT2D eigenvalue weighted by molar-refractivity contribution is 1.07. The number of hydrogen-bond donors (Lipinski definition) is 0. The van der Waals surface area contributed by atoms with Gasteiger partial charge < -0.3 is 0 Å². The summed E-state index contributed by atoms with van der Waals surface area (Å²) in [6, 6.07) is 62.0. The predicted octanol–water partition coefficient (Wildman–Crippen LogP) is 11.9. The third-order valence-corrected chi connectivity index (χ3v) is 9.38. The molecule has 0 atom stereocenters. The van der Waals surface area contributed by atoms with E-state index in [0.717, 1.165) is 55.6 Å². The lowest BCUT2D eigenvalue weighted by atomic mass is 9.93. The van der Waals surface area contributed by atoms with Crippen molar-refractivity contribution in [3.63, 3.8) is 0 Å². The van der Waals surface area contributed by atoms with E-state index in [9.17, 15) is 0 Å². The first-order chi connectivity index (χ1) is 27.7. The predicted molar refractivity (Wildman–Crippen MR) is 223 cm³/mol. The van der Waals surface area contributed by atoms with Crippen molar-refractivity contribution in [3.05, 3.63) is 199 Å². The van der Waals surface area contributed by atoms with Crippen molar-refractivity contribution in [2.24, 2.45) is 0 Å². The molecular weight excluding hydrogens is 687 g/mol. The molecule has 7 aromatic carbocycles. The molecule has 9 rings (SSSR count). The molecule has 2 heterocycles. The van der Waals surface area contributed by atoms with E-state index in [4.69, 9.17) is 36.5 Å². The van der Waals surface area contributed by atoms with Crippen LogP contribution in [0.25, 0.3) is 95.4 Å². The Morgan fingerprint density at radius 2 is 0.625 bits per heavy atom. The molecule has 262 valence electrons. The summed E-state index contributed by atoms with van der Waals surface area (Å²) in [5.41, 5.74) is 9.39. The van der Waals surface area contributed by atoms with Gasteiger partial charge in [-0.3, -0.25) is 0 Å². The fourth-order valence-electron chi connectivity index (χ4n) is 6.63. The van der Waals surface area contributed by atoms with Crippen LogP contribution in [0.2, 0.25) is 0 Å². The second kappa shape index (κ2) is 15.2. The van der Waals surface area contributed by atoms with Crippen LogP contribution in [0.4, 0.5) is 5.69 Å². The Kier molecular flexibility index (Phi) is 9.18. The number of aromatic nitrogens is 6. The van der Waals surface area contributed by atoms with Crippen LogP contribution in [-0.2, 0) is 0 Å². The lowest BCUT2D eigenvalue weighted by Crippen LogP contribution is -2.02. The van der Waals surface area contributed by atoms with Crippen molar-refractivity contribution >= 4 is 5.69 Å². The van der Waals surface area contributed by atoms with Gasteiger partial charge in [0.1, 0.15) is 0 Å². The molecule has 56 heavy (non-hydrogen) atoms. The van der Waals surface area contributed by atoms with E-state index in [1.165, 1.54) is 0 Å². The average Bonchev–Trinajstić information content (AvgIpc) is 3.29. The second-order valence-electron chi connectivity index (χ2n) is 13.1. The summed E-state index contributed by atoms with van der Waals surface area (Å²) in [4.78, 5) is 33.9. The first kappa shape index (κ1) is 33.9. The molecule has 0 aliphatic heterocycles. The number of nitrogens with zero attached hydrogens (tertiary/aromatic N) is 7. The molecular formula is C49H31N7. The average molecular weight is 718 g/mol. The summed E-state index contributed by atoms with van der Waals surface area (Å²) in [6.07, 6.45) is 0. The lowest BCUT2D eigenvalue weighted by Gasteiger charge is -2.15. The minimum atomic E-state index is 0.525. The second-order valence-corrected chi connectivity index (χ2v) is 13.1. The maximum Gasteiger partial charge on any atom is 0.187 e. The zero-order valence-corrected chi connectivity index (χ0v) is 30.0. The molecule has 0 spiro atoms. The zero-order valence-electron chi connectivity index (χ0n) is 30.0. The van der Waals surface area contributed by atoms with Crippen LogP contribution >= 0.6 is 0 Å². The van der Waals surface area contributed by atoms with Crippen LogP contribution in [0.3, 0.4) is 0 Å². The van der Waals surface area contributed by atoms with Gasteiger partial charge in [-0.2, -0.15) is 0 Å². The van der Waals surface area contributed by atoms with Crippen LogP contribution in [0, 0.1) is 6.57 Å². The monoisotopic (exact) mass is 717 g/mol. The Balaban J connectivity index is 1.27. The topological polar surface area (TPSA) is 81.7 Å². The molecule has 0 aliphatic rings. The Hall–Kier alpha value is -7.95. The molecule has 0 fully saturated rings. The minimum absolute atomic E-state index is 0.525. The zero-order chi connectivity index (χ0) is 37.7. The molecule has 2 aromatic heterocycles. The van der Waals surface area contributed by atoms with E-state index in [1.54, 1.807) is 0 Å². The third-order valence-electron chi connectivity index (χ3n) is 9.38. The summed E-state index contributed by atoms with van der Waals surface area (Å²) in [7, 11) is 0. The van der Waals surface area contributed by atoms with E-state index in [1.807, 2.05) is 164 Å². The number of benzene rings is 7. The molecule has 9 aromatic rings. The van der Waals surface area contributed by atoms with Crippen LogP contribution in [0.1, 0.15) is 0 Å². The Labute approximate surface area is 324 Å². The third kappa shape index (κ3) is 7.06. The maximum atomic E-state index is 7.73. The quantitative estimate of drug-likeness (QED) is 0.146. The summed E-state index contributed by atoms with van der Waals surface area (Å²) in [5, 5.41) is 0. The number of rotatable bonds is 8. The van der Waals surface area contributed by atoms with Crippen molar-refractivity contribution in [1.29, 1.82) is 0 Å². The van der Waals surface area contributed by atoms with Gasteiger partial charge in [0.15, 0.2) is 40.6 Å². The van der Waals surface area contributed by atoms with Crippen LogP contribution in [0.5, 0.6) is 0 Å². The van der Waals surface area contributed by atoms with Gasteiger partial charge in [0.05, 0.1) is 6.57 Å². The highest BCUT2D eigenvalue weighted by molar-refractivity contribution is 5.87. The van der Waals surface area contributed by atoms with Crippen LogP contribution < -0.4 is 0 Å². The van der Waals surface area contributed by atoms with Crippen molar-refractivity contribution < 1.29 is 0 Å². The summed E-state index contributed by atoms with van der Waals surface area (Å²) < 4.78 is 0. The minimum Gasteiger partial charge on any atom is -0.238 e. The van der Waals surface area contributed by atoms with Crippen molar-refractivity contribution in [2.45, 2.75) is 0 Å². The molecule has 0 saturated carbocycles. The highest BCUT2D eigenvalue weighted by atomic mass is 15.0. The molecule has 0 unspecified atom stereocenters. The summed E-state index contributed by atoms with van der Waals surface area (Å²) >= 11 is 0. The summed E-state index contributed by atoms with van der Waals surface area (Å²) in [5.74, 6) is 3.39. The number of hydrogen-bond acceptors (Lipinski definition) is 6. The summed E-state index contributed by atoms with van der Waals surface area (Å²) in [6.45, 7) is 7.73. The van der Waals surface area contributed by atoms with E-state index in [-0.39, 0.29) is 0 Å². The van der Waals surface area contributed by atoms with Gasteiger partial charge in [-0.05, 0) is 46.5 Å². The highest BCUT2D eigenvalue weighted by Crippen LogP contribution is 2.38. The molecule has 7 nitrogen and oxygen atoms in total. The van der Waals surface area contributed by atoms with Crippen LogP contribution in [-0.4, -0.2) is 29.9 Å². The smallest absolute Gasteiger partial charge is 0.187 e. The normalized spacial score (nSPS) is 10.8. The van der Waals surface area contributed by atoms with Crippen LogP contribution in [0.15, 0.2) is 188 Å². The standard InChI is InChI=1S/C49H31N7/c1-50-41-26-16-25-37(32-41)38-29-39(31-40(30-38)48-53-44(33-17-6-2-7-18-33)51-45(54-48)34-19-8-3-9-20-34)42-27-14-15-28-43(42)49-55-46(35-21-10-4-11-22-35)52-47(56-49)36-23-12-5-13-24-36/h2-32H. The van der Waals surface area contributed by atoms with Gasteiger partial charge in [0.25, 0.3) is 0 Å². The van der Waals surface area contributed by atoms with Gasteiger partial charge in [-0.15, -0.1) is 0 Å². The molecule has 0 aliphatic carbocycles. The van der Waals surface area contributed by atoms with Gasteiger partial charge in [0.2, 0.25) is 0 Å².